The number of hydrogen-bond acceptors (Lipinski definition) is 3. The highest BCUT2D eigenvalue weighted by Crippen LogP contribution is 2.22. The lowest BCUT2D eigenvalue weighted by Crippen LogP contribution is -2.33. The zero-order chi connectivity index (χ0) is 12.1. The summed E-state index contributed by atoms with van der Waals surface area (Å²) in [6, 6.07) is 4.80. The summed E-state index contributed by atoms with van der Waals surface area (Å²) in [5.41, 5.74) is 5.61. The minimum absolute atomic E-state index is 0.0248. The summed E-state index contributed by atoms with van der Waals surface area (Å²) in [6.07, 6.45) is 0. The molecule has 0 saturated carbocycles. The van der Waals surface area contributed by atoms with E-state index in [1.807, 2.05) is 0 Å². The van der Waals surface area contributed by atoms with E-state index in [1.165, 1.54) is 6.07 Å². The molecule has 0 aliphatic rings. The number of carbonyl (C=O) groups excluding carboxylic acids is 1. The third-order valence-electron chi connectivity index (χ3n) is 1.74. The molecule has 0 aliphatic heterocycles. The molecular weight excluding hydrogens is 297 g/mol. The number of hydrogen-bond donors (Lipinski definition) is 3. The van der Waals surface area contributed by atoms with E-state index in [1.54, 1.807) is 12.1 Å². The van der Waals surface area contributed by atoms with Crippen LogP contribution in [0.1, 0.15) is 10.4 Å². The van der Waals surface area contributed by atoms with E-state index in [-0.39, 0.29) is 18.3 Å². The lowest BCUT2D eigenvalue weighted by Gasteiger charge is -2.04. The van der Waals surface area contributed by atoms with Gasteiger partial charge in [-0.25, -0.2) is 0 Å². The van der Waals surface area contributed by atoms with Crippen LogP contribution in [0.5, 0.6) is 0 Å². The van der Waals surface area contributed by atoms with E-state index < -0.39 is 0 Å². The molecule has 0 atom stereocenters. The average Bonchev–Trinajstić information content (AvgIpc) is 2.29. The maximum atomic E-state index is 11.6. The highest BCUT2D eigenvalue weighted by atomic mass is 79.9. The SMILES string of the molecule is N/C(CNC(=O)c1ccc(Br)c(Cl)c1)=N/O. The third kappa shape index (κ3) is 3.39. The van der Waals surface area contributed by atoms with Crippen molar-refractivity contribution in [1.82, 2.24) is 5.32 Å². The van der Waals surface area contributed by atoms with Crippen LogP contribution < -0.4 is 11.1 Å². The first-order chi connectivity index (χ1) is 7.54. The Labute approximate surface area is 105 Å². The lowest BCUT2D eigenvalue weighted by molar-refractivity contribution is 0.0959. The van der Waals surface area contributed by atoms with Gasteiger partial charge in [-0.15, -0.1) is 0 Å². The molecule has 0 saturated heterocycles. The third-order valence-corrected chi connectivity index (χ3v) is 2.97. The van der Waals surface area contributed by atoms with Gasteiger partial charge in [0.05, 0.1) is 11.6 Å². The van der Waals surface area contributed by atoms with Crippen LogP contribution in [0.15, 0.2) is 27.8 Å². The average molecular weight is 307 g/mol. The molecule has 0 aliphatic carbocycles. The number of carbonyl (C=O) groups is 1. The highest BCUT2D eigenvalue weighted by molar-refractivity contribution is 9.10. The van der Waals surface area contributed by atoms with Crippen LogP contribution in [0.2, 0.25) is 5.02 Å². The van der Waals surface area contributed by atoms with Crippen LogP contribution >= 0.6 is 27.5 Å². The molecule has 0 bridgehead atoms. The lowest BCUT2D eigenvalue weighted by atomic mass is 10.2. The van der Waals surface area contributed by atoms with Crippen molar-refractivity contribution >= 4 is 39.3 Å². The van der Waals surface area contributed by atoms with Gasteiger partial charge in [-0.2, -0.15) is 0 Å². The fraction of sp³-hybridized carbons (Fsp3) is 0.111. The molecule has 5 nitrogen and oxygen atoms in total. The van der Waals surface area contributed by atoms with E-state index in [2.05, 4.69) is 26.4 Å². The number of rotatable bonds is 3. The Morgan fingerprint density at radius 1 is 1.62 bits per heavy atom. The van der Waals surface area contributed by atoms with Crippen LogP contribution in [0.25, 0.3) is 0 Å². The Kier molecular flexibility index (Phi) is 4.57. The Hall–Kier alpha value is -1.27. The summed E-state index contributed by atoms with van der Waals surface area (Å²) < 4.78 is 0.710. The first-order valence-electron chi connectivity index (χ1n) is 4.24. The molecule has 16 heavy (non-hydrogen) atoms. The molecule has 0 unspecified atom stereocenters. The van der Waals surface area contributed by atoms with Crippen molar-refractivity contribution in [2.24, 2.45) is 10.9 Å². The zero-order valence-electron chi connectivity index (χ0n) is 8.08. The topological polar surface area (TPSA) is 87.7 Å². The van der Waals surface area contributed by atoms with Crippen molar-refractivity contribution in [2.75, 3.05) is 6.54 Å². The van der Waals surface area contributed by atoms with Gasteiger partial charge in [-0.3, -0.25) is 4.79 Å². The Balaban J connectivity index is 2.70. The van der Waals surface area contributed by atoms with Gasteiger partial charge in [0.1, 0.15) is 0 Å². The van der Waals surface area contributed by atoms with E-state index in [9.17, 15) is 4.79 Å². The standard InChI is InChI=1S/C9H9BrClN3O2/c10-6-2-1-5(3-7(6)11)9(15)13-4-8(12)14-16/h1-3,16H,4H2,(H2,12,14)(H,13,15). The van der Waals surface area contributed by atoms with Crippen LogP contribution in [-0.4, -0.2) is 23.5 Å². The van der Waals surface area contributed by atoms with E-state index >= 15 is 0 Å². The number of halogens is 2. The summed E-state index contributed by atoms with van der Waals surface area (Å²) in [4.78, 5) is 11.6. The molecule has 0 radical (unpaired) electrons. The Morgan fingerprint density at radius 3 is 2.88 bits per heavy atom. The highest BCUT2D eigenvalue weighted by Gasteiger charge is 2.07. The summed E-state index contributed by atoms with van der Waals surface area (Å²) in [6.45, 7) is -0.0248. The van der Waals surface area contributed by atoms with Crippen molar-refractivity contribution < 1.29 is 10.0 Å². The predicted molar refractivity (Wildman–Crippen MR) is 64.9 cm³/mol. The minimum Gasteiger partial charge on any atom is -0.409 e. The van der Waals surface area contributed by atoms with Crippen LogP contribution in [0, 0.1) is 0 Å². The van der Waals surface area contributed by atoms with Crippen LogP contribution in [0.4, 0.5) is 0 Å². The number of nitrogens with zero attached hydrogens (tertiary/aromatic N) is 1. The Bertz CT molecular complexity index is 437. The monoisotopic (exact) mass is 305 g/mol. The van der Waals surface area contributed by atoms with Crippen LogP contribution in [-0.2, 0) is 0 Å². The molecule has 86 valence electrons. The molecule has 1 aromatic carbocycles. The number of amidine groups is 1. The van der Waals surface area contributed by atoms with Gasteiger partial charge in [0.25, 0.3) is 5.91 Å². The zero-order valence-corrected chi connectivity index (χ0v) is 10.4. The first-order valence-corrected chi connectivity index (χ1v) is 5.41. The molecule has 4 N–H and O–H groups in total. The molecule has 0 aromatic heterocycles. The maximum Gasteiger partial charge on any atom is 0.251 e. The molecule has 1 rings (SSSR count). The molecule has 1 amide bonds. The second kappa shape index (κ2) is 5.72. The van der Waals surface area contributed by atoms with E-state index in [0.29, 0.717) is 15.1 Å². The molecular formula is C9H9BrClN3O2. The maximum absolute atomic E-state index is 11.6. The number of amides is 1. The normalized spacial score (nSPS) is 11.2. The minimum atomic E-state index is -0.346. The molecule has 0 fully saturated rings. The van der Waals surface area contributed by atoms with Gasteiger partial charge < -0.3 is 16.3 Å². The van der Waals surface area contributed by atoms with Gasteiger partial charge in [-0.1, -0.05) is 16.8 Å². The Morgan fingerprint density at radius 2 is 2.31 bits per heavy atom. The van der Waals surface area contributed by atoms with Gasteiger partial charge in [0.15, 0.2) is 5.84 Å². The van der Waals surface area contributed by atoms with Crippen molar-refractivity contribution in [2.45, 2.75) is 0 Å². The fourth-order valence-corrected chi connectivity index (χ4v) is 1.37. The number of benzene rings is 1. The molecule has 7 heteroatoms. The number of nitrogens with one attached hydrogen (secondary N) is 1. The van der Waals surface area contributed by atoms with Crippen LogP contribution in [0.3, 0.4) is 0 Å². The number of nitrogens with two attached hydrogens (primary N) is 1. The number of oxime groups is 1. The van der Waals surface area contributed by atoms with Crippen molar-refractivity contribution in [1.29, 1.82) is 0 Å². The fourth-order valence-electron chi connectivity index (χ4n) is 0.946. The largest absolute Gasteiger partial charge is 0.409 e. The predicted octanol–water partition coefficient (Wildman–Crippen LogP) is 1.58. The van der Waals surface area contributed by atoms with Gasteiger partial charge in [0.2, 0.25) is 0 Å². The summed E-state index contributed by atoms with van der Waals surface area (Å²) in [7, 11) is 0. The first kappa shape index (κ1) is 12.8. The molecule has 0 spiro atoms. The quantitative estimate of drug-likeness (QED) is 0.343. The van der Waals surface area contributed by atoms with E-state index in [0.717, 1.165) is 0 Å². The molecule has 1 aromatic rings. The van der Waals surface area contributed by atoms with Crippen molar-refractivity contribution in [3.8, 4) is 0 Å². The van der Waals surface area contributed by atoms with Crippen molar-refractivity contribution in [3.05, 3.63) is 33.3 Å². The second-order valence-corrected chi connectivity index (χ2v) is 4.16. The van der Waals surface area contributed by atoms with Gasteiger partial charge in [0, 0.05) is 10.0 Å². The smallest absolute Gasteiger partial charge is 0.251 e. The molecule has 0 heterocycles. The summed E-state index contributed by atoms with van der Waals surface area (Å²) >= 11 is 9.05. The van der Waals surface area contributed by atoms with Crippen molar-refractivity contribution in [3.63, 3.8) is 0 Å². The van der Waals surface area contributed by atoms with Gasteiger partial charge >= 0.3 is 0 Å². The summed E-state index contributed by atoms with van der Waals surface area (Å²) in [5.74, 6) is -0.419. The second-order valence-electron chi connectivity index (χ2n) is 2.90. The van der Waals surface area contributed by atoms with E-state index in [4.69, 9.17) is 22.5 Å². The van der Waals surface area contributed by atoms with Gasteiger partial charge in [-0.05, 0) is 34.1 Å². The summed E-state index contributed by atoms with van der Waals surface area (Å²) in [5, 5.41) is 13.9.